The highest BCUT2D eigenvalue weighted by molar-refractivity contribution is 5.70. The van der Waals surface area contributed by atoms with E-state index in [-0.39, 0.29) is 24.5 Å². The zero-order valence-electron chi connectivity index (χ0n) is 20.5. The summed E-state index contributed by atoms with van der Waals surface area (Å²) in [6.45, 7) is 8.63. The maximum Gasteiger partial charge on any atom is 0.425 e. The molecule has 0 saturated heterocycles. The van der Waals surface area contributed by atoms with Crippen molar-refractivity contribution in [3.63, 3.8) is 0 Å². The largest absolute Gasteiger partial charge is 0.481 e. The molecule has 1 saturated carbocycles. The third-order valence-corrected chi connectivity index (χ3v) is 5.64. The second-order valence-corrected chi connectivity index (χ2v) is 9.71. The van der Waals surface area contributed by atoms with Gasteiger partial charge in [-0.15, -0.1) is 0 Å². The molecule has 1 amide bonds. The number of carbonyl (C=O) groups excluding carboxylic acids is 2. The van der Waals surface area contributed by atoms with E-state index in [1.165, 1.54) is 17.7 Å². The van der Waals surface area contributed by atoms with Gasteiger partial charge < -0.3 is 19.9 Å². The average Bonchev–Trinajstić information content (AvgIpc) is 2.70. The van der Waals surface area contributed by atoms with Crippen molar-refractivity contribution in [2.24, 2.45) is 5.92 Å². The van der Waals surface area contributed by atoms with Gasteiger partial charge in [0.15, 0.2) is 0 Å². The summed E-state index contributed by atoms with van der Waals surface area (Å²) in [4.78, 5) is 62.1. The maximum atomic E-state index is 13.2. The van der Waals surface area contributed by atoms with Crippen molar-refractivity contribution in [2.45, 2.75) is 90.8 Å². The van der Waals surface area contributed by atoms with Crippen LogP contribution in [0.5, 0.6) is 0 Å². The van der Waals surface area contributed by atoms with E-state index in [0.29, 0.717) is 30.3 Å². The fraction of sp³-hybridized carbons (Fsp3) is 0.696. The van der Waals surface area contributed by atoms with Crippen LogP contribution in [0.3, 0.4) is 0 Å². The summed E-state index contributed by atoms with van der Waals surface area (Å²) in [6.07, 6.45) is 2.07. The fourth-order valence-corrected chi connectivity index (χ4v) is 4.09. The Labute approximate surface area is 198 Å². The number of rotatable bonds is 7. The lowest BCUT2D eigenvalue weighted by Crippen LogP contribution is -2.52. The minimum atomic E-state index is -1.04. The van der Waals surface area contributed by atoms with Crippen LogP contribution < -0.4 is 16.6 Å². The highest BCUT2D eigenvalue weighted by atomic mass is 16.6. The van der Waals surface area contributed by atoms with Gasteiger partial charge in [0, 0.05) is 18.2 Å². The van der Waals surface area contributed by atoms with Gasteiger partial charge >= 0.3 is 23.8 Å². The molecule has 1 fully saturated rings. The Morgan fingerprint density at radius 2 is 1.88 bits per heavy atom. The second-order valence-electron chi connectivity index (χ2n) is 9.71. The summed E-state index contributed by atoms with van der Waals surface area (Å²) < 4.78 is 12.2. The van der Waals surface area contributed by atoms with Crippen LogP contribution in [0.4, 0.5) is 9.59 Å². The number of alkyl carbamates (subject to hydrolysis) is 1. The Bertz CT molecular complexity index is 1020. The molecule has 0 unspecified atom stereocenters. The molecule has 0 aromatic carbocycles. The van der Waals surface area contributed by atoms with Gasteiger partial charge in [-0.1, -0.05) is 13.3 Å². The van der Waals surface area contributed by atoms with Crippen molar-refractivity contribution in [1.82, 2.24) is 14.5 Å². The molecule has 1 aliphatic carbocycles. The zero-order chi connectivity index (χ0) is 25.6. The number of carbonyl (C=O) groups is 3. The van der Waals surface area contributed by atoms with Crippen LogP contribution in [0.25, 0.3) is 0 Å². The molecular formula is C23H35N3O8. The van der Waals surface area contributed by atoms with Crippen LogP contribution in [0.1, 0.15) is 77.8 Å². The van der Waals surface area contributed by atoms with Crippen LogP contribution in [0.15, 0.2) is 15.8 Å². The molecule has 1 aromatic rings. The number of carboxylic acids is 1. The SMILES string of the molecule is CCCCOC(=O)n1c(=O)c(C)cn([C@@H]2CC[C@@H](CC(=O)O)C[C@H]2NC(=O)OC(C)(C)C)c1=O. The number of nitrogens with zero attached hydrogens (tertiary/aromatic N) is 2. The Morgan fingerprint density at radius 3 is 2.47 bits per heavy atom. The molecule has 1 aromatic heterocycles. The second kappa shape index (κ2) is 11.3. The van der Waals surface area contributed by atoms with Gasteiger partial charge in [-0.25, -0.2) is 14.4 Å². The van der Waals surface area contributed by atoms with E-state index in [1.807, 2.05) is 6.92 Å². The van der Waals surface area contributed by atoms with Crippen molar-refractivity contribution >= 4 is 18.2 Å². The van der Waals surface area contributed by atoms with E-state index in [1.54, 1.807) is 20.8 Å². The molecule has 1 heterocycles. The minimum absolute atomic E-state index is 0.0730. The predicted molar refractivity (Wildman–Crippen MR) is 123 cm³/mol. The number of carboxylic acid groups (broad SMARTS) is 1. The first-order valence-corrected chi connectivity index (χ1v) is 11.6. The Kier molecular flexibility index (Phi) is 9.06. The molecule has 190 valence electrons. The molecule has 1 aliphatic rings. The molecule has 34 heavy (non-hydrogen) atoms. The zero-order valence-corrected chi connectivity index (χ0v) is 20.5. The van der Waals surface area contributed by atoms with E-state index < -0.39 is 47.1 Å². The molecule has 0 radical (unpaired) electrons. The first kappa shape index (κ1) is 27.1. The third-order valence-electron chi connectivity index (χ3n) is 5.64. The molecule has 0 spiro atoms. The van der Waals surface area contributed by atoms with Crippen molar-refractivity contribution < 1.29 is 29.0 Å². The number of ether oxygens (including phenoxy) is 2. The van der Waals surface area contributed by atoms with Gasteiger partial charge in [0.2, 0.25) is 0 Å². The summed E-state index contributed by atoms with van der Waals surface area (Å²) >= 11 is 0. The lowest BCUT2D eigenvalue weighted by molar-refractivity contribution is -0.138. The fourth-order valence-electron chi connectivity index (χ4n) is 4.09. The lowest BCUT2D eigenvalue weighted by Gasteiger charge is -2.37. The number of nitrogens with one attached hydrogen (secondary N) is 1. The molecule has 2 rings (SSSR count). The topological polar surface area (TPSA) is 146 Å². The number of aryl methyl sites for hydroxylation is 1. The van der Waals surface area contributed by atoms with Gasteiger partial charge in [-0.2, -0.15) is 4.57 Å². The smallest absolute Gasteiger partial charge is 0.425 e. The summed E-state index contributed by atoms with van der Waals surface area (Å²) in [7, 11) is 0. The minimum Gasteiger partial charge on any atom is -0.481 e. The number of aromatic nitrogens is 2. The van der Waals surface area contributed by atoms with Gasteiger partial charge in [-0.3, -0.25) is 14.2 Å². The highest BCUT2D eigenvalue weighted by Crippen LogP contribution is 2.34. The molecule has 3 atom stereocenters. The van der Waals surface area contributed by atoms with Gasteiger partial charge in [0.1, 0.15) is 5.60 Å². The molecule has 2 N–H and O–H groups in total. The Hall–Kier alpha value is -3.11. The van der Waals surface area contributed by atoms with E-state index in [2.05, 4.69) is 5.32 Å². The first-order chi connectivity index (χ1) is 15.8. The van der Waals surface area contributed by atoms with Gasteiger partial charge in [0.05, 0.1) is 18.7 Å². The third kappa shape index (κ3) is 7.19. The Balaban J connectivity index is 2.43. The van der Waals surface area contributed by atoms with Crippen LogP contribution in [0, 0.1) is 12.8 Å². The Morgan fingerprint density at radius 1 is 1.21 bits per heavy atom. The quantitative estimate of drug-likeness (QED) is 0.565. The molecule has 0 bridgehead atoms. The van der Waals surface area contributed by atoms with Crippen molar-refractivity contribution in [3.05, 3.63) is 32.6 Å². The van der Waals surface area contributed by atoms with Crippen molar-refractivity contribution in [1.29, 1.82) is 0 Å². The van der Waals surface area contributed by atoms with Crippen LogP contribution in [-0.2, 0) is 14.3 Å². The van der Waals surface area contributed by atoms with E-state index in [9.17, 15) is 29.1 Å². The van der Waals surface area contributed by atoms with Crippen LogP contribution in [-0.4, -0.2) is 50.6 Å². The van der Waals surface area contributed by atoms with Crippen molar-refractivity contribution in [3.8, 4) is 0 Å². The van der Waals surface area contributed by atoms with E-state index in [4.69, 9.17) is 9.47 Å². The molecular weight excluding hydrogens is 446 g/mol. The lowest BCUT2D eigenvalue weighted by atomic mass is 9.80. The predicted octanol–water partition coefficient (Wildman–Crippen LogP) is 2.81. The maximum absolute atomic E-state index is 13.2. The summed E-state index contributed by atoms with van der Waals surface area (Å²) in [6, 6.07) is -1.26. The van der Waals surface area contributed by atoms with E-state index in [0.717, 1.165) is 6.42 Å². The number of amides is 1. The van der Waals surface area contributed by atoms with Crippen LogP contribution in [0.2, 0.25) is 0 Å². The first-order valence-electron chi connectivity index (χ1n) is 11.6. The number of unbranched alkanes of at least 4 members (excludes halogenated alkanes) is 1. The molecule has 11 heteroatoms. The summed E-state index contributed by atoms with van der Waals surface area (Å²) in [5.41, 5.74) is -2.22. The monoisotopic (exact) mass is 481 g/mol. The summed E-state index contributed by atoms with van der Waals surface area (Å²) in [5.74, 6) is -1.16. The number of hydrogen-bond acceptors (Lipinski definition) is 7. The average molecular weight is 482 g/mol. The van der Waals surface area contributed by atoms with E-state index >= 15 is 0 Å². The normalized spacial score (nSPS) is 20.4. The van der Waals surface area contributed by atoms with Crippen LogP contribution >= 0.6 is 0 Å². The molecule has 11 nitrogen and oxygen atoms in total. The van der Waals surface area contributed by atoms with Crippen molar-refractivity contribution in [2.75, 3.05) is 6.61 Å². The highest BCUT2D eigenvalue weighted by Gasteiger charge is 2.36. The van der Waals surface area contributed by atoms with Gasteiger partial charge in [-0.05, 0) is 59.3 Å². The standard InChI is InChI=1S/C23H35N3O8/c1-6-7-10-33-22(32)26-19(29)14(2)13-25(21(26)31)17-9-8-15(12-18(27)28)11-16(17)24-20(30)34-23(3,4)5/h13,15-17H,6-12H2,1-5H3,(H,24,30)(H,27,28)/t15-,16-,17-/m1/s1. The summed E-state index contributed by atoms with van der Waals surface area (Å²) in [5, 5.41) is 12.0. The molecule has 0 aliphatic heterocycles. The number of aliphatic carboxylic acids is 1. The van der Waals surface area contributed by atoms with Gasteiger partial charge in [0.25, 0.3) is 5.56 Å². The number of hydrogen-bond donors (Lipinski definition) is 2.